The predicted molar refractivity (Wildman–Crippen MR) is 80.0 cm³/mol. The van der Waals surface area contributed by atoms with Crippen molar-refractivity contribution in [1.29, 1.82) is 0 Å². The fourth-order valence-corrected chi connectivity index (χ4v) is 1.99. The van der Waals surface area contributed by atoms with E-state index in [-0.39, 0.29) is 16.8 Å². The third kappa shape index (κ3) is 3.97. The van der Waals surface area contributed by atoms with Crippen molar-refractivity contribution >= 4 is 23.3 Å². The first kappa shape index (κ1) is 17.2. The number of benzene rings is 2. The highest BCUT2D eigenvalue weighted by molar-refractivity contribution is 6.20. The number of alkyl halides is 3. The van der Waals surface area contributed by atoms with Crippen LogP contribution in [0.25, 0.3) is 11.6 Å². The van der Waals surface area contributed by atoms with Crippen LogP contribution in [0.5, 0.6) is 0 Å². The minimum absolute atomic E-state index is 0.115. The van der Waals surface area contributed by atoms with Crippen LogP contribution < -0.4 is 0 Å². The number of nitrogens with zero attached hydrogens (tertiary/aromatic N) is 1. The Hall–Kier alpha value is -3.16. The number of hydrogen-bond acceptors (Lipinski definition) is 3. The van der Waals surface area contributed by atoms with E-state index in [9.17, 15) is 33.2 Å². The highest BCUT2D eigenvalue weighted by Crippen LogP contribution is 2.31. The Morgan fingerprint density at radius 2 is 1.75 bits per heavy atom. The van der Waals surface area contributed by atoms with Gasteiger partial charge >= 0.3 is 12.1 Å². The van der Waals surface area contributed by atoms with Crippen LogP contribution in [0.1, 0.15) is 16.7 Å². The molecule has 1 N–H and O–H groups in total. The van der Waals surface area contributed by atoms with E-state index < -0.39 is 22.6 Å². The van der Waals surface area contributed by atoms with Crippen LogP contribution in [0.3, 0.4) is 0 Å². The van der Waals surface area contributed by atoms with Gasteiger partial charge in [0.05, 0.1) is 16.1 Å². The molecule has 0 aromatic heterocycles. The minimum Gasteiger partial charge on any atom is -0.478 e. The molecular formula is C16H10F3NO4. The van der Waals surface area contributed by atoms with Gasteiger partial charge in [-0.25, -0.2) is 4.79 Å². The molecule has 8 heteroatoms. The van der Waals surface area contributed by atoms with Crippen molar-refractivity contribution in [3.63, 3.8) is 0 Å². The van der Waals surface area contributed by atoms with Crippen LogP contribution in [0.2, 0.25) is 0 Å². The SMILES string of the molecule is O=C(O)/C(=C/c1ccc([N+](=O)[O-])cc1)c1cccc(C(F)(F)F)c1. The Morgan fingerprint density at radius 1 is 1.12 bits per heavy atom. The number of aliphatic carboxylic acids is 1. The van der Waals surface area contributed by atoms with Crippen LogP contribution >= 0.6 is 0 Å². The van der Waals surface area contributed by atoms with Crippen molar-refractivity contribution < 1.29 is 28.0 Å². The summed E-state index contributed by atoms with van der Waals surface area (Å²) in [5.41, 5.74) is -1.29. The number of nitro benzene ring substituents is 1. The fraction of sp³-hybridized carbons (Fsp3) is 0.0625. The summed E-state index contributed by atoms with van der Waals surface area (Å²) < 4.78 is 38.2. The number of carboxylic acids is 1. The molecule has 0 heterocycles. The molecule has 0 saturated heterocycles. The average molecular weight is 337 g/mol. The van der Waals surface area contributed by atoms with E-state index in [1.54, 1.807) is 0 Å². The molecule has 24 heavy (non-hydrogen) atoms. The first-order valence-electron chi connectivity index (χ1n) is 6.55. The highest BCUT2D eigenvalue weighted by Gasteiger charge is 2.30. The summed E-state index contributed by atoms with van der Waals surface area (Å²) in [7, 11) is 0. The zero-order valence-electron chi connectivity index (χ0n) is 11.9. The lowest BCUT2D eigenvalue weighted by Crippen LogP contribution is -2.06. The Bertz CT molecular complexity index is 811. The summed E-state index contributed by atoms with van der Waals surface area (Å²) in [5.74, 6) is -1.41. The summed E-state index contributed by atoms with van der Waals surface area (Å²) in [6.07, 6.45) is -3.44. The molecule has 5 nitrogen and oxygen atoms in total. The molecule has 0 aliphatic carbocycles. The maximum absolute atomic E-state index is 12.7. The molecule has 0 bridgehead atoms. The van der Waals surface area contributed by atoms with E-state index >= 15 is 0 Å². The summed E-state index contributed by atoms with van der Waals surface area (Å²) in [5, 5.41) is 19.9. The third-order valence-corrected chi connectivity index (χ3v) is 3.15. The lowest BCUT2D eigenvalue weighted by molar-refractivity contribution is -0.384. The lowest BCUT2D eigenvalue weighted by atomic mass is 10.0. The number of carboxylic acid groups (broad SMARTS) is 1. The quantitative estimate of drug-likeness (QED) is 0.392. The first-order chi connectivity index (χ1) is 11.2. The van der Waals surface area contributed by atoms with E-state index in [4.69, 9.17) is 0 Å². The van der Waals surface area contributed by atoms with Crippen molar-refractivity contribution in [2.24, 2.45) is 0 Å². The Kier molecular flexibility index (Phi) is 4.68. The standard InChI is InChI=1S/C16H10F3NO4/c17-16(18,19)12-3-1-2-11(9-12)14(15(21)22)8-10-4-6-13(7-5-10)20(23)24/h1-9H,(H,21,22)/b14-8+. The number of carbonyl (C=O) groups is 1. The normalized spacial score (nSPS) is 12.0. The zero-order valence-corrected chi connectivity index (χ0v) is 11.9. The molecule has 0 spiro atoms. The van der Waals surface area contributed by atoms with E-state index in [1.165, 1.54) is 30.3 Å². The van der Waals surface area contributed by atoms with E-state index in [2.05, 4.69) is 0 Å². The van der Waals surface area contributed by atoms with Crippen molar-refractivity contribution in [3.05, 3.63) is 75.3 Å². The van der Waals surface area contributed by atoms with Gasteiger partial charge in [0.15, 0.2) is 0 Å². The molecule has 0 radical (unpaired) electrons. The maximum atomic E-state index is 12.7. The van der Waals surface area contributed by atoms with Crippen LogP contribution in [-0.4, -0.2) is 16.0 Å². The van der Waals surface area contributed by atoms with E-state index in [1.807, 2.05) is 0 Å². The zero-order chi connectivity index (χ0) is 17.9. The molecule has 2 aromatic rings. The van der Waals surface area contributed by atoms with Crippen LogP contribution in [0, 0.1) is 10.1 Å². The van der Waals surface area contributed by atoms with Gasteiger partial charge in [0.2, 0.25) is 0 Å². The molecule has 0 aliphatic heterocycles. The van der Waals surface area contributed by atoms with Crippen LogP contribution in [0.4, 0.5) is 18.9 Å². The molecule has 0 unspecified atom stereocenters. The maximum Gasteiger partial charge on any atom is 0.416 e. The van der Waals surface area contributed by atoms with Crippen molar-refractivity contribution in [3.8, 4) is 0 Å². The van der Waals surface area contributed by atoms with E-state index in [0.717, 1.165) is 24.3 Å². The first-order valence-corrected chi connectivity index (χ1v) is 6.55. The molecule has 0 aliphatic rings. The van der Waals surface area contributed by atoms with Gasteiger partial charge in [0.25, 0.3) is 5.69 Å². The monoisotopic (exact) mass is 337 g/mol. The van der Waals surface area contributed by atoms with E-state index in [0.29, 0.717) is 5.56 Å². The van der Waals surface area contributed by atoms with Crippen LogP contribution in [0.15, 0.2) is 48.5 Å². The number of halogens is 3. The molecule has 0 atom stereocenters. The van der Waals surface area contributed by atoms with Gasteiger partial charge in [-0.1, -0.05) is 12.1 Å². The number of hydrogen-bond donors (Lipinski definition) is 1. The summed E-state index contributed by atoms with van der Waals surface area (Å²) in [6, 6.07) is 8.93. The van der Waals surface area contributed by atoms with Crippen molar-refractivity contribution in [1.82, 2.24) is 0 Å². The summed E-state index contributed by atoms with van der Waals surface area (Å²) in [6.45, 7) is 0. The minimum atomic E-state index is -4.59. The smallest absolute Gasteiger partial charge is 0.416 e. The lowest BCUT2D eigenvalue weighted by Gasteiger charge is -2.09. The Labute approximate surface area is 133 Å². The third-order valence-electron chi connectivity index (χ3n) is 3.15. The summed E-state index contributed by atoms with van der Waals surface area (Å²) >= 11 is 0. The van der Waals surface area contributed by atoms with Crippen molar-refractivity contribution in [2.45, 2.75) is 6.18 Å². The molecule has 0 fully saturated rings. The number of non-ortho nitro benzene ring substituents is 1. The molecule has 0 saturated carbocycles. The predicted octanol–water partition coefficient (Wildman–Crippen LogP) is 4.24. The molecule has 2 rings (SSSR count). The van der Waals surface area contributed by atoms with Gasteiger partial charge in [-0.15, -0.1) is 0 Å². The van der Waals surface area contributed by atoms with Gasteiger partial charge in [0, 0.05) is 12.1 Å². The highest BCUT2D eigenvalue weighted by atomic mass is 19.4. The van der Waals surface area contributed by atoms with Gasteiger partial charge in [-0.05, 0) is 41.5 Å². The van der Waals surface area contributed by atoms with Gasteiger partial charge < -0.3 is 5.11 Å². The molecule has 2 aromatic carbocycles. The average Bonchev–Trinajstić information content (AvgIpc) is 2.52. The van der Waals surface area contributed by atoms with Gasteiger partial charge in [0.1, 0.15) is 0 Å². The second-order valence-corrected chi connectivity index (χ2v) is 4.79. The Morgan fingerprint density at radius 3 is 2.25 bits per heavy atom. The summed E-state index contributed by atoms with van der Waals surface area (Å²) in [4.78, 5) is 21.4. The Balaban J connectivity index is 2.46. The van der Waals surface area contributed by atoms with Crippen molar-refractivity contribution in [2.75, 3.05) is 0 Å². The fourth-order valence-electron chi connectivity index (χ4n) is 1.99. The molecule has 0 amide bonds. The number of nitro groups is 1. The largest absolute Gasteiger partial charge is 0.478 e. The molecule has 124 valence electrons. The number of rotatable bonds is 4. The van der Waals surface area contributed by atoms with Gasteiger partial charge in [-0.3, -0.25) is 10.1 Å². The van der Waals surface area contributed by atoms with Crippen LogP contribution in [-0.2, 0) is 11.0 Å². The second-order valence-electron chi connectivity index (χ2n) is 4.79. The van der Waals surface area contributed by atoms with Gasteiger partial charge in [-0.2, -0.15) is 13.2 Å². The second kappa shape index (κ2) is 6.53. The topological polar surface area (TPSA) is 80.4 Å². The molecular weight excluding hydrogens is 327 g/mol.